The van der Waals surface area contributed by atoms with Crippen molar-refractivity contribution in [3.05, 3.63) is 36.8 Å². The molecule has 0 amide bonds. The van der Waals surface area contributed by atoms with E-state index in [-0.39, 0.29) is 5.60 Å². The van der Waals surface area contributed by atoms with Crippen LogP contribution < -0.4 is 10.5 Å². The minimum atomic E-state index is -0.0854. The number of nitrogens with zero attached hydrogens (tertiary/aromatic N) is 5. The van der Waals surface area contributed by atoms with E-state index in [1.54, 1.807) is 6.33 Å². The zero-order chi connectivity index (χ0) is 25.7. The van der Waals surface area contributed by atoms with E-state index in [4.69, 9.17) is 20.2 Å². The molecule has 7 rings (SSSR count). The minimum absolute atomic E-state index is 0.0854. The van der Waals surface area contributed by atoms with Crippen molar-refractivity contribution in [1.29, 1.82) is 0 Å². The van der Waals surface area contributed by atoms with Crippen LogP contribution in [0, 0.1) is 0 Å². The Hall–Kier alpha value is -2.68. The van der Waals surface area contributed by atoms with Crippen LogP contribution in [0.3, 0.4) is 0 Å². The lowest BCUT2D eigenvalue weighted by Gasteiger charge is -2.41. The first-order valence-corrected chi connectivity index (χ1v) is 14.5. The van der Waals surface area contributed by atoms with Crippen LogP contribution in [0.25, 0.3) is 22.2 Å². The third-order valence-electron chi connectivity index (χ3n) is 9.66. The topological polar surface area (TPSA) is 81.7 Å². The van der Waals surface area contributed by atoms with Gasteiger partial charge in [0.15, 0.2) is 0 Å². The second kappa shape index (κ2) is 9.81. The van der Waals surface area contributed by atoms with Gasteiger partial charge in [0.2, 0.25) is 0 Å². The Morgan fingerprint density at radius 1 is 1.00 bits per heavy atom. The average molecular weight is 517 g/mol. The third-order valence-corrected chi connectivity index (χ3v) is 9.66. The van der Waals surface area contributed by atoms with Crippen molar-refractivity contribution < 1.29 is 9.47 Å². The molecule has 1 aliphatic carbocycles. The number of hydrogen-bond acceptors (Lipinski definition) is 7. The molecule has 3 saturated heterocycles. The first-order chi connectivity index (χ1) is 18.6. The number of piperazine rings is 1. The Kier molecular flexibility index (Phi) is 6.29. The third kappa shape index (κ3) is 4.46. The maximum atomic E-state index is 6.46. The second-order valence-corrected chi connectivity index (χ2v) is 12.0. The van der Waals surface area contributed by atoms with Gasteiger partial charge in [0.05, 0.1) is 11.5 Å². The molecule has 4 aliphatic rings. The fraction of sp³-hybridized carbons (Fsp3) is 0.600. The van der Waals surface area contributed by atoms with E-state index < -0.39 is 0 Å². The van der Waals surface area contributed by atoms with Crippen molar-refractivity contribution in [2.24, 2.45) is 0 Å². The molecule has 0 spiro atoms. The molecule has 1 saturated carbocycles. The number of benzene rings is 1. The lowest BCUT2D eigenvalue weighted by atomic mass is 9.89. The molecular formula is C30H40N6O2. The molecule has 3 aromatic rings. The molecule has 5 heterocycles. The van der Waals surface area contributed by atoms with Gasteiger partial charge in [-0.05, 0) is 76.1 Å². The average Bonchev–Trinajstić information content (AvgIpc) is 3.67. The number of likely N-dealkylation sites (N-methyl/N-ethyl adjacent to an activating group) is 1. The summed E-state index contributed by atoms with van der Waals surface area (Å²) in [6, 6.07) is 9.51. The zero-order valence-electron chi connectivity index (χ0n) is 22.5. The summed E-state index contributed by atoms with van der Waals surface area (Å²) in [5, 5.41) is 0.946. The van der Waals surface area contributed by atoms with Gasteiger partial charge in [-0.25, -0.2) is 9.97 Å². The number of anilines is 1. The van der Waals surface area contributed by atoms with E-state index in [1.807, 2.05) is 6.07 Å². The fourth-order valence-electron chi connectivity index (χ4n) is 7.35. The van der Waals surface area contributed by atoms with E-state index in [0.717, 1.165) is 53.6 Å². The maximum absolute atomic E-state index is 6.46. The van der Waals surface area contributed by atoms with Gasteiger partial charge >= 0.3 is 0 Å². The van der Waals surface area contributed by atoms with Crippen molar-refractivity contribution in [3.63, 3.8) is 0 Å². The lowest BCUT2D eigenvalue weighted by molar-refractivity contribution is -0.0198. The van der Waals surface area contributed by atoms with Gasteiger partial charge in [-0.3, -0.25) is 4.90 Å². The fourth-order valence-corrected chi connectivity index (χ4v) is 7.35. The molecular weight excluding hydrogens is 476 g/mol. The van der Waals surface area contributed by atoms with Crippen molar-refractivity contribution in [2.45, 2.75) is 75.2 Å². The van der Waals surface area contributed by atoms with Crippen molar-refractivity contribution in [1.82, 2.24) is 24.3 Å². The summed E-state index contributed by atoms with van der Waals surface area (Å²) in [7, 11) is 2.23. The van der Waals surface area contributed by atoms with Crippen molar-refractivity contribution >= 4 is 16.9 Å². The van der Waals surface area contributed by atoms with Crippen LogP contribution in [-0.4, -0.2) is 81.9 Å². The number of fused-ring (bicyclic) bond motifs is 3. The van der Waals surface area contributed by atoms with Crippen LogP contribution in [0.1, 0.15) is 57.4 Å². The number of aromatic nitrogens is 3. The molecule has 202 valence electrons. The highest BCUT2D eigenvalue weighted by molar-refractivity contribution is 6.00. The largest absolute Gasteiger partial charge is 0.491 e. The van der Waals surface area contributed by atoms with Crippen LogP contribution in [0.2, 0.25) is 0 Å². The SMILES string of the molecule is CN1CCN(C2CCC(n3cc(-c4cccc(OCC56CCC(CC5)O6)c4)c4c(N)ncnc43)CC2)CC1. The van der Waals surface area contributed by atoms with Crippen molar-refractivity contribution in [2.75, 3.05) is 45.6 Å². The van der Waals surface area contributed by atoms with Gasteiger partial charge in [0.25, 0.3) is 0 Å². The number of nitrogens with two attached hydrogens (primary N) is 1. The first kappa shape index (κ1) is 24.4. The van der Waals surface area contributed by atoms with Gasteiger partial charge in [-0.15, -0.1) is 0 Å². The summed E-state index contributed by atoms with van der Waals surface area (Å²) < 4.78 is 14.9. The van der Waals surface area contributed by atoms with E-state index >= 15 is 0 Å². The Balaban J connectivity index is 1.12. The molecule has 0 atom stereocenters. The quantitative estimate of drug-likeness (QED) is 0.517. The smallest absolute Gasteiger partial charge is 0.146 e. The van der Waals surface area contributed by atoms with Gasteiger partial charge in [-0.2, -0.15) is 0 Å². The Labute approximate surface area is 225 Å². The maximum Gasteiger partial charge on any atom is 0.146 e. The monoisotopic (exact) mass is 516 g/mol. The van der Waals surface area contributed by atoms with Gasteiger partial charge in [-0.1, -0.05) is 12.1 Å². The molecule has 3 aliphatic heterocycles. The highest BCUT2D eigenvalue weighted by Crippen LogP contribution is 2.44. The first-order valence-electron chi connectivity index (χ1n) is 14.5. The van der Waals surface area contributed by atoms with Gasteiger partial charge in [0.1, 0.15) is 35.7 Å². The Morgan fingerprint density at radius 3 is 2.50 bits per heavy atom. The number of ether oxygens (including phenoxy) is 2. The van der Waals surface area contributed by atoms with Gasteiger partial charge < -0.3 is 24.7 Å². The van der Waals surface area contributed by atoms with Crippen LogP contribution >= 0.6 is 0 Å². The summed E-state index contributed by atoms with van der Waals surface area (Å²) in [4.78, 5) is 14.2. The van der Waals surface area contributed by atoms with Crippen LogP contribution in [0.15, 0.2) is 36.8 Å². The summed E-state index contributed by atoms with van der Waals surface area (Å²) in [6.07, 6.45) is 13.6. The predicted molar refractivity (Wildman–Crippen MR) is 149 cm³/mol. The Bertz CT molecular complexity index is 1280. The lowest BCUT2D eigenvalue weighted by Crippen LogP contribution is -2.49. The number of nitrogen functional groups attached to an aromatic ring is 1. The number of hydrogen-bond donors (Lipinski definition) is 1. The van der Waals surface area contributed by atoms with Gasteiger partial charge in [0, 0.05) is 50.0 Å². The van der Waals surface area contributed by atoms with E-state index in [0.29, 0.717) is 30.6 Å². The molecule has 0 unspecified atom stereocenters. The molecule has 2 N–H and O–H groups in total. The summed E-state index contributed by atoms with van der Waals surface area (Å²) in [5.74, 6) is 1.41. The molecule has 38 heavy (non-hydrogen) atoms. The molecule has 8 nitrogen and oxygen atoms in total. The van der Waals surface area contributed by atoms with Crippen molar-refractivity contribution in [3.8, 4) is 16.9 Å². The van der Waals surface area contributed by atoms with E-state index in [9.17, 15) is 0 Å². The second-order valence-electron chi connectivity index (χ2n) is 12.0. The minimum Gasteiger partial charge on any atom is -0.491 e. The number of rotatable bonds is 6. The molecule has 1 aromatic carbocycles. The predicted octanol–water partition coefficient (Wildman–Crippen LogP) is 4.50. The zero-order valence-corrected chi connectivity index (χ0v) is 22.5. The normalized spacial score (nSPS) is 30.3. The summed E-state index contributed by atoms with van der Waals surface area (Å²) in [6.45, 7) is 5.37. The van der Waals surface area contributed by atoms with E-state index in [2.05, 4.69) is 50.8 Å². The van der Waals surface area contributed by atoms with Crippen LogP contribution in [-0.2, 0) is 4.74 Å². The highest BCUT2D eigenvalue weighted by atomic mass is 16.6. The molecule has 8 heteroatoms. The van der Waals surface area contributed by atoms with E-state index in [1.165, 1.54) is 51.9 Å². The Morgan fingerprint density at radius 2 is 1.76 bits per heavy atom. The standard InChI is InChI=1S/C30H40N6O2/c1-34-13-15-35(16-14-34)22-5-7-23(8-6-22)36-18-26(27-28(31)32-20-33-29(27)36)21-3-2-4-25(17-21)37-19-30-11-9-24(38-30)10-12-30/h2-4,17-18,20,22-24H,5-16,19H2,1H3,(H2,31,32,33). The summed E-state index contributed by atoms with van der Waals surface area (Å²) in [5.41, 5.74) is 9.50. The summed E-state index contributed by atoms with van der Waals surface area (Å²) >= 11 is 0. The molecule has 4 fully saturated rings. The van der Waals surface area contributed by atoms with Crippen LogP contribution in [0.5, 0.6) is 5.75 Å². The molecule has 2 bridgehead atoms. The molecule has 2 aromatic heterocycles. The molecule has 0 radical (unpaired) electrons. The van der Waals surface area contributed by atoms with Crippen LogP contribution in [0.4, 0.5) is 5.82 Å². The highest BCUT2D eigenvalue weighted by Gasteiger charge is 2.46.